The summed E-state index contributed by atoms with van der Waals surface area (Å²) in [5, 5.41) is 8.90. The Bertz CT molecular complexity index is 1140. The van der Waals surface area contributed by atoms with E-state index < -0.39 is 24.3 Å². The Balaban J connectivity index is 1.81. The van der Waals surface area contributed by atoms with Gasteiger partial charge in [-0.05, 0) is 32.0 Å². The van der Waals surface area contributed by atoms with Gasteiger partial charge in [-0.3, -0.25) is 9.78 Å². The summed E-state index contributed by atoms with van der Waals surface area (Å²) in [6, 6.07) is 5.81. The summed E-state index contributed by atoms with van der Waals surface area (Å²) >= 11 is 0. The van der Waals surface area contributed by atoms with E-state index in [1.165, 1.54) is 12.1 Å². The van der Waals surface area contributed by atoms with Gasteiger partial charge in [-0.15, -0.1) is 0 Å². The van der Waals surface area contributed by atoms with Gasteiger partial charge in [0.25, 0.3) is 5.91 Å². The molecular weight excluding hydrogens is 473 g/mol. The molecule has 7 nitrogen and oxygen atoms in total. The van der Waals surface area contributed by atoms with Crippen molar-refractivity contribution in [2.24, 2.45) is 0 Å². The number of hydrogen-bond donors (Lipinski definition) is 3. The summed E-state index contributed by atoms with van der Waals surface area (Å²) in [6.45, 7) is 8.81. The van der Waals surface area contributed by atoms with Crippen molar-refractivity contribution in [3.63, 3.8) is 0 Å². The molecule has 1 amide bonds. The van der Waals surface area contributed by atoms with Crippen LogP contribution in [0.5, 0.6) is 5.75 Å². The summed E-state index contributed by atoms with van der Waals surface area (Å²) in [7, 11) is 1.61. The number of rotatable bonds is 12. The number of halogens is 3. The first-order valence-corrected chi connectivity index (χ1v) is 11.5. The minimum absolute atomic E-state index is 0.135. The summed E-state index contributed by atoms with van der Waals surface area (Å²) in [6.07, 6.45) is 0.260. The first-order valence-electron chi connectivity index (χ1n) is 11.5. The average Bonchev–Trinajstić information content (AvgIpc) is 2.84. The van der Waals surface area contributed by atoms with Crippen LogP contribution in [0.3, 0.4) is 0 Å². The second-order valence-electron chi connectivity index (χ2n) is 8.91. The lowest BCUT2D eigenvalue weighted by molar-refractivity contribution is -0.117. The SMILES string of the molecule is C=C(Nc1cccc(F)c1CC(F)F)C1=C(NCc2ccncc2OCC(C)(C)OC)CCNC1=O. The topological polar surface area (TPSA) is 84.5 Å². The van der Waals surface area contributed by atoms with Crippen molar-refractivity contribution in [1.29, 1.82) is 0 Å². The Kier molecular flexibility index (Phi) is 8.98. The van der Waals surface area contributed by atoms with Crippen LogP contribution >= 0.6 is 0 Å². The lowest BCUT2D eigenvalue weighted by Gasteiger charge is -2.25. The summed E-state index contributed by atoms with van der Waals surface area (Å²) in [5.41, 5.74) is 1.32. The van der Waals surface area contributed by atoms with Crippen molar-refractivity contribution >= 4 is 11.6 Å². The summed E-state index contributed by atoms with van der Waals surface area (Å²) < 4.78 is 51.6. The van der Waals surface area contributed by atoms with Crippen LogP contribution in [0.4, 0.5) is 18.9 Å². The highest BCUT2D eigenvalue weighted by molar-refractivity contribution is 6.00. The molecule has 0 unspecified atom stereocenters. The van der Waals surface area contributed by atoms with Gasteiger partial charge in [0.2, 0.25) is 6.43 Å². The molecule has 0 spiro atoms. The standard InChI is InChI=1S/C26H31F3N4O3/c1-16(33-20-7-5-6-19(27)18(20)12-23(28)29)24-21(9-11-31-25(24)34)32-13-17-8-10-30-14-22(17)36-15-26(2,3)35-4/h5-8,10,14,23,32-33H,1,9,11-13,15H2,2-4H3,(H,31,34). The quantitative estimate of drug-likeness (QED) is 0.399. The smallest absolute Gasteiger partial charge is 0.255 e. The number of alkyl halides is 2. The van der Waals surface area contributed by atoms with Gasteiger partial charge in [0.05, 0.1) is 17.4 Å². The van der Waals surface area contributed by atoms with Gasteiger partial charge in [-0.25, -0.2) is 13.2 Å². The van der Waals surface area contributed by atoms with E-state index >= 15 is 0 Å². The van der Waals surface area contributed by atoms with E-state index in [0.717, 1.165) is 11.6 Å². The lowest BCUT2D eigenvalue weighted by atomic mass is 10.0. The second kappa shape index (κ2) is 11.9. The van der Waals surface area contributed by atoms with Crippen molar-refractivity contribution in [1.82, 2.24) is 15.6 Å². The number of nitrogens with zero attached hydrogens (tertiary/aromatic N) is 1. The largest absolute Gasteiger partial charge is 0.489 e. The van der Waals surface area contributed by atoms with Crippen LogP contribution in [0, 0.1) is 5.82 Å². The van der Waals surface area contributed by atoms with Crippen LogP contribution < -0.4 is 20.7 Å². The van der Waals surface area contributed by atoms with Gasteiger partial charge in [0, 0.05) is 67.4 Å². The molecule has 0 saturated carbocycles. The number of aromatic nitrogens is 1. The van der Waals surface area contributed by atoms with Crippen molar-refractivity contribution in [2.75, 3.05) is 25.6 Å². The van der Waals surface area contributed by atoms with Gasteiger partial charge in [-0.1, -0.05) is 12.6 Å². The second-order valence-corrected chi connectivity index (χ2v) is 8.91. The molecule has 0 atom stereocenters. The minimum Gasteiger partial charge on any atom is -0.489 e. The molecule has 10 heteroatoms. The number of carbonyl (C=O) groups is 1. The van der Waals surface area contributed by atoms with E-state index in [1.54, 1.807) is 19.5 Å². The van der Waals surface area contributed by atoms with Crippen LogP contribution in [0.25, 0.3) is 0 Å². The molecule has 36 heavy (non-hydrogen) atoms. The highest BCUT2D eigenvalue weighted by Gasteiger charge is 2.25. The maximum atomic E-state index is 14.2. The number of nitrogens with one attached hydrogen (secondary N) is 3. The molecule has 194 valence electrons. The molecule has 3 rings (SSSR count). The molecule has 2 aromatic rings. The highest BCUT2D eigenvalue weighted by atomic mass is 19.3. The predicted molar refractivity (Wildman–Crippen MR) is 131 cm³/mol. The van der Waals surface area contributed by atoms with E-state index in [1.807, 2.05) is 19.9 Å². The predicted octanol–water partition coefficient (Wildman–Crippen LogP) is 4.32. The Morgan fingerprint density at radius 2 is 2.08 bits per heavy atom. The third-order valence-corrected chi connectivity index (χ3v) is 5.74. The Hall–Kier alpha value is -3.53. The van der Waals surface area contributed by atoms with Crippen LogP contribution in [0.15, 0.2) is 60.2 Å². The highest BCUT2D eigenvalue weighted by Crippen LogP contribution is 2.27. The number of hydrogen-bond acceptors (Lipinski definition) is 6. The van der Waals surface area contributed by atoms with Crippen LogP contribution in [0.1, 0.15) is 31.4 Å². The van der Waals surface area contributed by atoms with Crippen LogP contribution in [-0.4, -0.2) is 43.2 Å². The Morgan fingerprint density at radius 3 is 2.81 bits per heavy atom. The summed E-state index contributed by atoms with van der Waals surface area (Å²) in [5.74, 6) is -0.553. The number of carbonyl (C=O) groups excluding carboxylic acids is 1. The number of amides is 1. The van der Waals surface area contributed by atoms with E-state index in [-0.39, 0.29) is 28.4 Å². The lowest BCUT2D eigenvalue weighted by Crippen LogP contribution is -2.37. The maximum Gasteiger partial charge on any atom is 0.255 e. The summed E-state index contributed by atoms with van der Waals surface area (Å²) in [4.78, 5) is 16.9. The molecule has 1 aliphatic heterocycles. The van der Waals surface area contributed by atoms with Crippen LogP contribution in [0.2, 0.25) is 0 Å². The molecule has 1 aromatic carbocycles. The maximum absolute atomic E-state index is 14.2. The third-order valence-electron chi connectivity index (χ3n) is 5.74. The molecule has 0 bridgehead atoms. The fraction of sp³-hybridized carbons (Fsp3) is 0.385. The molecule has 0 saturated heterocycles. The molecule has 1 aromatic heterocycles. The third kappa shape index (κ3) is 7.00. The van der Waals surface area contributed by atoms with Gasteiger partial charge >= 0.3 is 0 Å². The van der Waals surface area contributed by atoms with Crippen molar-refractivity contribution in [3.8, 4) is 5.75 Å². The fourth-order valence-corrected chi connectivity index (χ4v) is 3.61. The van der Waals surface area contributed by atoms with Gasteiger partial charge in [0.1, 0.15) is 18.2 Å². The molecule has 1 aliphatic rings. The average molecular weight is 505 g/mol. The first kappa shape index (κ1) is 27.1. The zero-order valence-corrected chi connectivity index (χ0v) is 20.6. The minimum atomic E-state index is -2.73. The number of anilines is 1. The zero-order valence-electron chi connectivity index (χ0n) is 20.6. The number of benzene rings is 1. The van der Waals surface area contributed by atoms with Crippen molar-refractivity contribution in [3.05, 3.63) is 77.1 Å². The molecule has 0 radical (unpaired) electrons. The number of methoxy groups -OCH3 is 1. The molecule has 3 N–H and O–H groups in total. The fourth-order valence-electron chi connectivity index (χ4n) is 3.61. The van der Waals surface area contributed by atoms with Gasteiger partial charge in [0.15, 0.2) is 0 Å². The number of pyridine rings is 1. The van der Waals surface area contributed by atoms with Crippen molar-refractivity contribution < 1.29 is 27.4 Å². The number of ether oxygens (including phenoxy) is 2. The van der Waals surface area contributed by atoms with Crippen molar-refractivity contribution in [2.45, 2.75) is 45.3 Å². The molecule has 0 aliphatic carbocycles. The van der Waals surface area contributed by atoms with E-state index in [2.05, 4.69) is 27.5 Å². The zero-order chi connectivity index (χ0) is 26.3. The van der Waals surface area contributed by atoms with E-state index in [0.29, 0.717) is 37.6 Å². The first-order chi connectivity index (χ1) is 17.1. The monoisotopic (exact) mass is 504 g/mol. The normalized spacial score (nSPS) is 14.0. The van der Waals surface area contributed by atoms with E-state index in [4.69, 9.17) is 9.47 Å². The van der Waals surface area contributed by atoms with Gasteiger partial charge in [-0.2, -0.15) is 0 Å². The van der Waals surface area contributed by atoms with E-state index in [9.17, 15) is 18.0 Å². The Morgan fingerprint density at radius 1 is 1.31 bits per heavy atom. The molecule has 2 heterocycles. The molecular formula is C26H31F3N4O3. The molecule has 0 fully saturated rings. The van der Waals surface area contributed by atoms with Crippen LogP contribution in [-0.2, 0) is 22.5 Å². The Labute approximate surface area is 208 Å². The van der Waals surface area contributed by atoms with Gasteiger partial charge < -0.3 is 25.4 Å².